The Balaban J connectivity index is 1.92. The topological polar surface area (TPSA) is 32.3 Å². The average molecular weight is 298 g/mol. The van der Waals surface area contributed by atoms with Gasteiger partial charge in [0.1, 0.15) is 0 Å². The van der Waals surface area contributed by atoms with Crippen molar-refractivity contribution in [3.8, 4) is 0 Å². The Kier molecular flexibility index (Phi) is 5.79. The molecule has 0 aromatic rings. The van der Waals surface area contributed by atoms with E-state index in [4.69, 9.17) is 0 Å². The number of hydrogen-bond donors (Lipinski definition) is 1. The molecule has 0 radical (unpaired) electrons. The fourth-order valence-electron chi connectivity index (χ4n) is 3.63. The van der Waals surface area contributed by atoms with E-state index < -0.39 is 0 Å². The third-order valence-electron chi connectivity index (χ3n) is 4.77. The van der Waals surface area contributed by atoms with Crippen molar-refractivity contribution in [1.29, 1.82) is 0 Å². The maximum Gasteiger partial charge on any atom is 0.244 e. The highest BCUT2D eigenvalue weighted by Gasteiger charge is 2.52. The van der Waals surface area contributed by atoms with Gasteiger partial charge in [0.25, 0.3) is 0 Å². The number of hydrogen-bond acceptors (Lipinski definition) is 3. The van der Waals surface area contributed by atoms with Crippen LogP contribution < -0.4 is 5.32 Å². The van der Waals surface area contributed by atoms with Gasteiger partial charge in [-0.3, -0.25) is 10.1 Å². The van der Waals surface area contributed by atoms with Gasteiger partial charge in [-0.05, 0) is 43.6 Å². The fourth-order valence-corrected chi connectivity index (χ4v) is 4.13. The first-order valence-electron chi connectivity index (χ1n) is 8.18. The summed E-state index contributed by atoms with van der Waals surface area (Å²) in [6.07, 6.45) is 10.5. The zero-order valence-corrected chi connectivity index (χ0v) is 14.1. The van der Waals surface area contributed by atoms with Crippen LogP contribution in [0, 0.1) is 5.92 Å². The molecule has 1 spiro atoms. The van der Waals surface area contributed by atoms with Crippen molar-refractivity contribution in [1.82, 2.24) is 10.2 Å². The number of rotatable bonds is 7. The minimum absolute atomic E-state index is 0.200. The normalized spacial score (nSPS) is 25.3. The Morgan fingerprint density at radius 1 is 1.30 bits per heavy atom. The van der Waals surface area contributed by atoms with Crippen LogP contribution in [0.3, 0.4) is 0 Å². The molecule has 4 heteroatoms. The highest BCUT2D eigenvalue weighted by molar-refractivity contribution is 7.98. The van der Waals surface area contributed by atoms with E-state index in [1.54, 1.807) is 0 Å². The summed E-state index contributed by atoms with van der Waals surface area (Å²) >= 11 is 1.91. The van der Waals surface area contributed by atoms with Gasteiger partial charge in [-0.25, -0.2) is 0 Å². The van der Waals surface area contributed by atoms with E-state index in [2.05, 4.69) is 30.3 Å². The number of nitrogens with one attached hydrogen (secondary N) is 1. The van der Waals surface area contributed by atoms with Crippen LogP contribution in [0.15, 0.2) is 0 Å². The second kappa shape index (κ2) is 7.17. The van der Waals surface area contributed by atoms with Crippen LogP contribution in [0.1, 0.15) is 58.8 Å². The first-order chi connectivity index (χ1) is 9.60. The summed E-state index contributed by atoms with van der Waals surface area (Å²) in [5.74, 6) is 2.12. The van der Waals surface area contributed by atoms with E-state index in [9.17, 15) is 4.79 Å². The lowest BCUT2D eigenvalue weighted by Crippen LogP contribution is -2.45. The van der Waals surface area contributed by atoms with Crippen LogP contribution in [-0.4, -0.2) is 41.1 Å². The van der Waals surface area contributed by atoms with Crippen LogP contribution in [0.2, 0.25) is 0 Å². The summed E-state index contributed by atoms with van der Waals surface area (Å²) in [6, 6.07) is 0. The molecule has 2 rings (SSSR count). The van der Waals surface area contributed by atoms with Gasteiger partial charge in [0, 0.05) is 6.54 Å². The second-order valence-corrected chi connectivity index (χ2v) is 7.66. The van der Waals surface area contributed by atoms with Gasteiger partial charge in [0.15, 0.2) is 0 Å². The first kappa shape index (κ1) is 16.2. The van der Waals surface area contributed by atoms with Crippen molar-refractivity contribution in [2.75, 3.05) is 18.6 Å². The van der Waals surface area contributed by atoms with Crippen molar-refractivity contribution in [2.24, 2.45) is 5.92 Å². The Hall–Kier alpha value is -0.220. The molecule has 1 aliphatic carbocycles. The monoisotopic (exact) mass is 298 g/mol. The molecule has 0 bridgehead atoms. The predicted molar refractivity (Wildman–Crippen MR) is 86.9 cm³/mol. The number of carbonyl (C=O) groups excluding carboxylic acids is 1. The second-order valence-electron chi connectivity index (χ2n) is 6.67. The van der Waals surface area contributed by atoms with E-state index in [0.29, 0.717) is 11.8 Å². The largest absolute Gasteiger partial charge is 0.325 e. The zero-order valence-electron chi connectivity index (χ0n) is 13.3. The van der Waals surface area contributed by atoms with E-state index in [1.807, 2.05) is 11.8 Å². The molecule has 3 nitrogen and oxygen atoms in total. The number of nitrogens with zero attached hydrogens (tertiary/aromatic N) is 1. The quantitative estimate of drug-likeness (QED) is 0.732. The van der Waals surface area contributed by atoms with E-state index in [-0.39, 0.29) is 11.7 Å². The molecule has 1 N–H and O–H groups in total. The molecule has 1 saturated carbocycles. The molecule has 20 heavy (non-hydrogen) atoms. The molecule has 0 aromatic carbocycles. The van der Waals surface area contributed by atoms with Crippen molar-refractivity contribution >= 4 is 17.7 Å². The molecule has 0 aromatic heterocycles. The minimum Gasteiger partial charge on any atom is -0.325 e. The summed E-state index contributed by atoms with van der Waals surface area (Å²) in [5.41, 5.74) is -0.200. The number of amides is 1. The van der Waals surface area contributed by atoms with Crippen molar-refractivity contribution in [3.05, 3.63) is 0 Å². The first-order valence-corrected chi connectivity index (χ1v) is 9.58. The van der Waals surface area contributed by atoms with Crippen molar-refractivity contribution < 1.29 is 4.79 Å². The molecular formula is C16H30N2OS. The molecule has 2 fully saturated rings. The minimum atomic E-state index is -0.200. The molecule has 1 unspecified atom stereocenters. The van der Waals surface area contributed by atoms with Crippen LogP contribution in [0.4, 0.5) is 0 Å². The predicted octanol–water partition coefficient (Wildman–Crippen LogP) is 3.25. The third-order valence-corrected chi connectivity index (χ3v) is 5.46. The lowest BCUT2D eigenvalue weighted by Gasteiger charge is -2.27. The van der Waals surface area contributed by atoms with Crippen molar-refractivity contribution in [2.45, 2.75) is 70.5 Å². The lowest BCUT2D eigenvalue weighted by molar-refractivity contribution is -0.133. The third kappa shape index (κ3) is 3.33. The fraction of sp³-hybridized carbons (Fsp3) is 0.938. The number of unbranched alkanes of at least 4 members (excludes halogenated alkanes) is 2. The summed E-state index contributed by atoms with van der Waals surface area (Å²) in [5, 5.41) is 3.69. The van der Waals surface area contributed by atoms with Crippen LogP contribution in [-0.2, 0) is 4.79 Å². The highest BCUT2D eigenvalue weighted by Crippen LogP contribution is 2.37. The van der Waals surface area contributed by atoms with Gasteiger partial charge in [0.2, 0.25) is 5.91 Å². The highest BCUT2D eigenvalue weighted by atomic mass is 32.2. The van der Waals surface area contributed by atoms with Gasteiger partial charge in [-0.2, -0.15) is 11.8 Å². The van der Waals surface area contributed by atoms with Crippen molar-refractivity contribution in [3.63, 3.8) is 0 Å². The summed E-state index contributed by atoms with van der Waals surface area (Å²) in [7, 11) is 0. The smallest absolute Gasteiger partial charge is 0.244 e. The maximum absolute atomic E-state index is 12.8. The van der Waals surface area contributed by atoms with Gasteiger partial charge in [-0.15, -0.1) is 0 Å². The Bertz CT molecular complexity index is 326. The summed E-state index contributed by atoms with van der Waals surface area (Å²) in [6.45, 7) is 5.38. The average Bonchev–Trinajstić information content (AvgIpc) is 2.99. The lowest BCUT2D eigenvalue weighted by atomic mass is 9.98. The Morgan fingerprint density at radius 3 is 2.60 bits per heavy atom. The van der Waals surface area contributed by atoms with E-state index >= 15 is 0 Å². The van der Waals surface area contributed by atoms with Crippen LogP contribution in [0.5, 0.6) is 0 Å². The summed E-state index contributed by atoms with van der Waals surface area (Å²) < 4.78 is 0. The SMILES string of the molecule is CSCCCCCN1C(=O)C2(CCCC2)NC1C(C)C. The molecule has 116 valence electrons. The van der Waals surface area contributed by atoms with Gasteiger partial charge in [-0.1, -0.05) is 33.1 Å². The zero-order chi connectivity index (χ0) is 14.6. The number of thioether (sulfide) groups is 1. The standard InChI is InChI=1S/C16H30N2OS/c1-13(2)14-17-16(9-5-6-10-16)15(19)18(14)11-7-4-8-12-20-3/h13-14,17H,4-12H2,1-3H3. The van der Waals surface area contributed by atoms with Gasteiger partial charge in [0.05, 0.1) is 11.7 Å². The summed E-state index contributed by atoms with van der Waals surface area (Å²) in [4.78, 5) is 15.0. The maximum atomic E-state index is 12.8. The van der Waals surface area contributed by atoms with Crippen LogP contribution >= 0.6 is 11.8 Å². The molecule has 1 heterocycles. The van der Waals surface area contributed by atoms with E-state index in [0.717, 1.165) is 25.8 Å². The van der Waals surface area contributed by atoms with Gasteiger partial charge < -0.3 is 4.90 Å². The van der Waals surface area contributed by atoms with Crippen LogP contribution in [0.25, 0.3) is 0 Å². The molecular weight excluding hydrogens is 268 g/mol. The van der Waals surface area contributed by atoms with Gasteiger partial charge >= 0.3 is 0 Å². The molecule has 1 amide bonds. The molecule has 1 atom stereocenters. The van der Waals surface area contributed by atoms with E-state index in [1.165, 1.54) is 31.4 Å². The Labute approximate surface area is 128 Å². The Morgan fingerprint density at radius 2 is 2.00 bits per heavy atom. The number of carbonyl (C=O) groups is 1. The molecule has 1 aliphatic heterocycles. The molecule has 2 aliphatic rings. The molecule has 1 saturated heterocycles.